The van der Waals surface area contributed by atoms with Gasteiger partial charge in [0.15, 0.2) is 11.5 Å². The monoisotopic (exact) mass is 298 g/mol. The molecule has 7 heteroatoms. The summed E-state index contributed by atoms with van der Waals surface area (Å²) in [7, 11) is 0. The quantitative estimate of drug-likeness (QED) is 0.917. The van der Waals surface area contributed by atoms with Crippen molar-refractivity contribution in [3.63, 3.8) is 0 Å². The Bertz CT molecular complexity index is 586. The molecule has 2 aromatic heterocycles. The van der Waals surface area contributed by atoms with Gasteiger partial charge in [-0.2, -0.15) is 11.8 Å². The van der Waals surface area contributed by atoms with Crippen molar-refractivity contribution < 1.29 is 4.79 Å². The van der Waals surface area contributed by atoms with Crippen molar-refractivity contribution in [3.05, 3.63) is 29.2 Å². The topological polar surface area (TPSA) is 59.3 Å². The van der Waals surface area contributed by atoms with Crippen molar-refractivity contribution in [1.29, 1.82) is 0 Å². The first-order chi connectivity index (χ1) is 9.11. The number of nitrogens with zero attached hydrogens (tertiary/aromatic N) is 3. The first kappa shape index (κ1) is 14.1. The van der Waals surface area contributed by atoms with Crippen LogP contribution in [0.3, 0.4) is 0 Å². The number of halogens is 1. The molecule has 0 spiro atoms. The standard InChI is InChI=1S/C12H15ClN4OS/c1-8(7-19-2)12(18)14-5-11-16-15-10-4-3-9(13)6-17(10)11/h3-4,6,8H,5,7H2,1-2H3,(H,14,18). The lowest BCUT2D eigenvalue weighted by atomic mass is 10.2. The van der Waals surface area contributed by atoms with E-state index < -0.39 is 0 Å². The zero-order valence-corrected chi connectivity index (χ0v) is 12.3. The fourth-order valence-electron chi connectivity index (χ4n) is 1.70. The van der Waals surface area contributed by atoms with Crippen molar-refractivity contribution in [2.45, 2.75) is 13.5 Å². The number of hydrogen-bond acceptors (Lipinski definition) is 4. The minimum Gasteiger partial charge on any atom is -0.349 e. The van der Waals surface area contributed by atoms with Gasteiger partial charge in [0.05, 0.1) is 11.6 Å². The van der Waals surface area contributed by atoms with Gasteiger partial charge in [0.2, 0.25) is 5.91 Å². The lowest BCUT2D eigenvalue weighted by molar-refractivity contribution is -0.124. The summed E-state index contributed by atoms with van der Waals surface area (Å²) in [5.74, 6) is 1.48. The largest absolute Gasteiger partial charge is 0.349 e. The minimum atomic E-state index is -0.0160. The molecule has 0 fully saturated rings. The van der Waals surface area contributed by atoms with Crippen molar-refractivity contribution >= 4 is 34.9 Å². The number of rotatable bonds is 5. The van der Waals surface area contributed by atoms with Gasteiger partial charge in [-0.15, -0.1) is 10.2 Å². The maximum Gasteiger partial charge on any atom is 0.224 e. The van der Waals surface area contributed by atoms with E-state index in [1.165, 1.54) is 0 Å². The van der Waals surface area contributed by atoms with E-state index in [1.54, 1.807) is 34.5 Å². The Balaban J connectivity index is 2.06. The van der Waals surface area contributed by atoms with Gasteiger partial charge in [-0.1, -0.05) is 18.5 Å². The van der Waals surface area contributed by atoms with E-state index in [0.29, 0.717) is 23.0 Å². The Morgan fingerprint density at radius 2 is 2.32 bits per heavy atom. The van der Waals surface area contributed by atoms with E-state index in [0.717, 1.165) is 5.75 Å². The average molecular weight is 299 g/mol. The zero-order valence-electron chi connectivity index (χ0n) is 10.8. The van der Waals surface area contributed by atoms with Crippen molar-refractivity contribution in [1.82, 2.24) is 19.9 Å². The van der Waals surface area contributed by atoms with E-state index in [9.17, 15) is 4.79 Å². The van der Waals surface area contributed by atoms with E-state index in [-0.39, 0.29) is 11.8 Å². The molecule has 0 aromatic carbocycles. The van der Waals surface area contributed by atoms with E-state index >= 15 is 0 Å². The molecule has 1 N–H and O–H groups in total. The average Bonchev–Trinajstić information content (AvgIpc) is 2.78. The van der Waals surface area contributed by atoms with E-state index in [4.69, 9.17) is 11.6 Å². The second-order valence-corrected chi connectivity index (χ2v) is 5.61. The van der Waals surface area contributed by atoms with Crippen LogP contribution in [0.1, 0.15) is 12.7 Å². The van der Waals surface area contributed by atoms with Crippen LogP contribution in [0, 0.1) is 5.92 Å². The van der Waals surface area contributed by atoms with Crippen LogP contribution in [0.15, 0.2) is 18.3 Å². The van der Waals surface area contributed by atoms with Crippen LogP contribution in [-0.4, -0.2) is 32.5 Å². The molecule has 102 valence electrons. The number of thioether (sulfide) groups is 1. The Morgan fingerprint density at radius 1 is 1.53 bits per heavy atom. The molecule has 5 nitrogen and oxygen atoms in total. The van der Waals surface area contributed by atoms with Crippen LogP contribution in [0.4, 0.5) is 0 Å². The molecule has 2 aromatic rings. The predicted octanol–water partition coefficient (Wildman–Crippen LogP) is 2.00. The molecule has 0 aliphatic carbocycles. The number of nitrogens with one attached hydrogen (secondary N) is 1. The van der Waals surface area contributed by atoms with Crippen LogP contribution >= 0.6 is 23.4 Å². The predicted molar refractivity (Wildman–Crippen MR) is 77.4 cm³/mol. The van der Waals surface area contributed by atoms with E-state index in [2.05, 4.69) is 15.5 Å². The second kappa shape index (κ2) is 6.25. The molecular weight excluding hydrogens is 284 g/mol. The molecular formula is C12H15ClN4OS. The van der Waals surface area contributed by atoms with Crippen LogP contribution in [0.2, 0.25) is 5.02 Å². The molecule has 2 heterocycles. The number of carbonyl (C=O) groups is 1. The normalized spacial score (nSPS) is 12.6. The number of carbonyl (C=O) groups excluding carboxylic acids is 1. The first-order valence-electron chi connectivity index (χ1n) is 5.87. The highest BCUT2D eigenvalue weighted by Crippen LogP contribution is 2.11. The minimum absolute atomic E-state index is 0.0160. The summed E-state index contributed by atoms with van der Waals surface area (Å²) in [4.78, 5) is 11.8. The smallest absolute Gasteiger partial charge is 0.224 e. The molecule has 1 amide bonds. The highest BCUT2D eigenvalue weighted by molar-refractivity contribution is 7.98. The van der Waals surface area contributed by atoms with Gasteiger partial charge >= 0.3 is 0 Å². The number of hydrogen-bond donors (Lipinski definition) is 1. The summed E-state index contributed by atoms with van der Waals surface area (Å²) in [5.41, 5.74) is 0.714. The fraction of sp³-hybridized carbons (Fsp3) is 0.417. The number of aromatic nitrogens is 3. The summed E-state index contributed by atoms with van der Waals surface area (Å²) in [5, 5.41) is 11.5. The van der Waals surface area contributed by atoms with Gasteiger partial charge < -0.3 is 5.32 Å². The summed E-state index contributed by atoms with van der Waals surface area (Å²) >= 11 is 7.59. The molecule has 0 aliphatic heterocycles. The Labute approximate surface area is 120 Å². The summed E-state index contributed by atoms with van der Waals surface area (Å²) in [6.07, 6.45) is 3.72. The molecule has 0 aliphatic rings. The highest BCUT2D eigenvalue weighted by atomic mass is 35.5. The molecule has 0 saturated heterocycles. The number of fused-ring (bicyclic) bond motifs is 1. The molecule has 1 unspecified atom stereocenters. The van der Waals surface area contributed by atoms with Crippen LogP contribution in [-0.2, 0) is 11.3 Å². The molecule has 0 saturated carbocycles. The molecule has 2 rings (SSSR count). The molecule has 1 atom stereocenters. The first-order valence-corrected chi connectivity index (χ1v) is 7.65. The summed E-state index contributed by atoms with van der Waals surface area (Å²) in [6.45, 7) is 2.25. The van der Waals surface area contributed by atoms with Crippen molar-refractivity contribution in [2.24, 2.45) is 5.92 Å². The van der Waals surface area contributed by atoms with Gasteiger partial charge in [-0.05, 0) is 18.4 Å². The van der Waals surface area contributed by atoms with Crippen molar-refractivity contribution in [2.75, 3.05) is 12.0 Å². The zero-order chi connectivity index (χ0) is 13.8. The SMILES string of the molecule is CSCC(C)C(=O)NCc1nnc2ccc(Cl)cn12. The third-order valence-electron chi connectivity index (χ3n) is 2.72. The summed E-state index contributed by atoms with van der Waals surface area (Å²) < 4.78 is 1.78. The Morgan fingerprint density at radius 3 is 3.05 bits per heavy atom. The molecule has 0 bridgehead atoms. The number of amides is 1. The van der Waals surface area contributed by atoms with Crippen LogP contribution in [0.25, 0.3) is 5.65 Å². The molecule has 0 radical (unpaired) electrons. The fourth-order valence-corrected chi connectivity index (χ4v) is 2.51. The summed E-state index contributed by atoms with van der Waals surface area (Å²) in [6, 6.07) is 3.55. The Kier molecular flexibility index (Phi) is 4.66. The number of pyridine rings is 1. The van der Waals surface area contributed by atoms with Crippen molar-refractivity contribution in [3.8, 4) is 0 Å². The van der Waals surface area contributed by atoms with Gasteiger partial charge in [-0.25, -0.2) is 0 Å². The van der Waals surface area contributed by atoms with Gasteiger partial charge in [-0.3, -0.25) is 9.20 Å². The maximum atomic E-state index is 11.8. The van der Waals surface area contributed by atoms with Gasteiger partial charge in [0.1, 0.15) is 0 Å². The van der Waals surface area contributed by atoms with Gasteiger partial charge in [0.25, 0.3) is 0 Å². The highest BCUT2D eigenvalue weighted by Gasteiger charge is 2.13. The second-order valence-electron chi connectivity index (χ2n) is 4.27. The maximum absolute atomic E-state index is 11.8. The van der Waals surface area contributed by atoms with Gasteiger partial charge in [0, 0.05) is 17.9 Å². The lowest BCUT2D eigenvalue weighted by Crippen LogP contribution is -2.30. The Hall–Kier alpha value is -1.27. The molecule has 19 heavy (non-hydrogen) atoms. The van der Waals surface area contributed by atoms with Crippen LogP contribution in [0.5, 0.6) is 0 Å². The van der Waals surface area contributed by atoms with Crippen LogP contribution < -0.4 is 5.32 Å². The third-order valence-corrected chi connectivity index (χ3v) is 3.78. The lowest BCUT2D eigenvalue weighted by Gasteiger charge is -2.09. The van der Waals surface area contributed by atoms with E-state index in [1.807, 2.05) is 13.2 Å². The third kappa shape index (κ3) is 3.39.